The standard InChI is InChI=1S/C14H21NO2/c1-10-4-5-12(8-11(10)2)17-14-6-7-15(3)9-13(14)16/h4-5,8,13-14,16H,6-7,9H2,1-3H3/t13-,14+/m0/s1. The van der Waals surface area contributed by atoms with Crippen LogP contribution in [0.15, 0.2) is 18.2 Å². The number of benzene rings is 1. The molecule has 0 aromatic heterocycles. The van der Waals surface area contributed by atoms with Gasteiger partial charge in [0, 0.05) is 13.1 Å². The molecule has 0 aliphatic carbocycles. The minimum absolute atomic E-state index is 0.0756. The van der Waals surface area contributed by atoms with E-state index in [1.54, 1.807) is 0 Å². The summed E-state index contributed by atoms with van der Waals surface area (Å²) in [7, 11) is 2.02. The number of rotatable bonds is 2. The second-order valence-corrected chi connectivity index (χ2v) is 5.02. The molecule has 1 aliphatic heterocycles. The van der Waals surface area contributed by atoms with Gasteiger partial charge >= 0.3 is 0 Å². The third kappa shape index (κ3) is 2.99. The molecule has 1 aliphatic rings. The zero-order chi connectivity index (χ0) is 12.4. The number of hydrogen-bond acceptors (Lipinski definition) is 3. The molecule has 1 aromatic rings. The number of β-amino-alcohol motifs (C(OH)–C–C–N with tert-alkyl or cyclic N) is 1. The molecule has 1 fully saturated rings. The van der Waals surface area contributed by atoms with Gasteiger partial charge < -0.3 is 14.7 Å². The van der Waals surface area contributed by atoms with Gasteiger partial charge in [0.1, 0.15) is 18.0 Å². The van der Waals surface area contributed by atoms with E-state index in [4.69, 9.17) is 4.74 Å². The number of likely N-dealkylation sites (N-methyl/N-ethyl adjacent to an activating group) is 1. The van der Waals surface area contributed by atoms with Crippen molar-refractivity contribution in [3.8, 4) is 5.75 Å². The van der Waals surface area contributed by atoms with Crippen molar-refractivity contribution in [2.24, 2.45) is 0 Å². The highest BCUT2D eigenvalue weighted by Gasteiger charge is 2.27. The van der Waals surface area contributed by atoms with Crippen LogP contribution in [0.25, 0.3) is 0 Å². The molecule has 1 N–H and O–H groups in total. The van der Waals surface area contributed by atoms with Gasteiger partial charge in [0.05, 0.1) is 0 Å². The predicted octanol–water partition coefficient (Wildman–Crippen LogP) is 1.75. The van der Waals surface area contributed by atoms with Gasteiger partial charge in [0.15, 0.2) is 0 Å². The summed E-state index contributed by atoms with van der Waals surface area (Å²) >= 11 is 0. The third-order valence-corrected chi connectivity index (χ3v) is 3.49. The Morgan fingerprint density at radius 2 is 2.06 bits per heavy atom. The van der Waals surface area contributed by atoms with Crippen LogP contribution in [0.2, 0.25) is 0 Å². The van der Waals surface area contributed by atoms with Crippen molar-refractivity contribution in [2.75, 3.05) is 20.1 Å². The molecule has 1 saturated heterocycles. The monoisotopic (exact) mass is 235 g/mol. The maximum Gasteiger partial charge on any atom is 0.127 e. The van der Waals surface area contributed by atoms with Crippen LogP contribution in [0.5, 0.6) is 5.75 Å². The molecule has 1 aromatic carbocycles. The summed E-state index contributed by atoms with van der Waals surface area (Å²) in [6.45, 7) is 5.83. The molecule has 0 saturated carbocycles. The molecule has 0 unspecified atom stereocenters. The zero-order valence-corrected chi connectivity index (χ0v) is 10.8. The maximum absolute atomic E-state index is 9.96. The summed E-state index contributed by atoms with van der Waals surface area (Å²) in [6.07, 6.45) is 0.411. The van der Waals surface area contributed by atoms with E-state index >= 15 is 0 Å². The first-order chi connectivity index (χ1) is 8.06. The van der Waals surface area contributed by atoms with Crippen LogP contribution in [0, 0.1) is 13.8 Å². The number of aryl methyl sites for hydroxylation is 2. The first-order valence-electron chi connectivity index (χ1n) is 6.17. The van der Waals surface area contributed by atoms with Crippen LogP contribution in [0.4, 0.5) is 0 Å². The molecule has 2 atom stereocenters. The minimum Gasteiger partial charge on any atom is -0.488 e. The van der Waals surface area contributed by atoms with Gasteiger partial charge in [0.2, 0.25) is 0 Å². The fourth-order valence-electron chi connectivity index (χ4n) is 2.17. The van der Waals surface area contributed by atoms with E-state index in [9.17, 15) is 5.11 Å². The molecule has 17 heavy (non-hydrogen) atoms. The number of aliphatic hydroxyl groups is 1. The highest BCUT2D eigenvalue weighted by molar-refractivity contribution is 5.34. The molecule has 0 bridgehead atoms. The highest BCUT2D eigenvalue weighted by atomic mass is 16.5. The van der Waals surface area contributed by atoms with Crippen LogP contribution >= 0.6 is 0 Å². The van der Waals surface area contributed by atoms with Crippen molar-refractivity contribution in [2.45, 2.75) is 32.5 Å². The van der Waals surface area contributed by atoms with Gasteiger partial charge in [-0.2, -0.15) is 0 Å². The number of nitrogens with zero attached hydrogens (tertiary/aromatic N) is 1. The second kappa shape index (κ2) is 5.07. The summed E-state index contributed by atoms with van der Waals surface area (Å²) in [5.41, 5.74) is 2.49. The van der Waals surface area contributed by atoms with Gasteiger partial charge in [-0.15, -0.1) is 0 Å². The number of ether oxygens (including phenoxy) is 1. The van der Waals surface area contributed by atoms with Crippen molar-refractivity contribution < 1.29 is 9.84 Å². The Balaban J connectivity index is 2.02. The Morgan fingerprint density at radius 3 is 2.71 bits per heavy atom. The van der Waals surface area contributed by atoms with Crippen LogP contribution in [-0.4, -0.2) is 42.4 Å². The Kier molecular flexibility index (Phi) is 3.69. The third-order valence-electron chi connectivity index (χ3n) is 3.49. The van der Waals surface area contributed by atoms with Crippen LogP contribution in [0.3, 0.4) is 0 Å². The number of hydrogen-bond donors (Lipinski definition) is 1. The first kappa shape index (κ1) is 12.4. The van der Waals surface area contributed by atoms with Gasteiger partial charge in [-0.3, -0.25) is 0 Å². The predicted molar refractivity (Wildman–Crippen MR) is 68.5 cm³/mol. The van der Waals surface area contributed by atoms with Gasteiger partial charge in [-0.25, -0.2) is 0 Å². The van der Waals surface area contributed by atoms with E-state index in [0.29, 0.717) is 6.54 Å². The first-order valence-corrected chi connectivity index (χ1v) is 6.17. The zero-order valence-electron chi connectivity index (χ0n) is 10.8. The molecule has 94 valence electrons. The lowest BCUT2D eigenvalue weighted by Crippen LogP contribution is -2.47. The van der Waals surface area contributed by atoms with E-state index in [1.165, 1.54) is 11.1 Å². The topological polar surface area (TPSA) is 32.7 Å². The van der Waals surface area contributed by atoms with E-state index in [1.807, 2.05) is 19.2 Å². The lowest BCUT2D eigenvalue weighted by atomic mass is 10.1. The van der Waals surface area contributed by atoms with Crippen LogP contribution in [-0.2, 0) is 0 Å². The number of likely N-dealkylation sites (tertiary alicyclic amines) is 1. The van der Waals surface area contributed by atoms with E-state index in [0.717, 1.165) is 18.7 Å². The average molecular weight is 235 g/mol. The lowest BCUT2D eigenvalue weighted by molar-refractivity contribution is -0.0182. The van der Waals surface area contributed by atoms with Crippen molar-refractivity contribution >= 4 is 0 Å². The van der Waals surface area contributed by atoms with Crippen LogP contribution < -0.4 is 4.74 Å². The Labute approximate surface area is 103 Å². The van der Waals surface area contributed by atoms with Crippen molar-refractivity contribution in [3.63, 3.8) is 0 Å². The van der Waals surface area contributed by atoms with Crippen molar-refractivity contribution in [3.05, 3.63) is 29.3 Å². The normalized spacial score (nSPS) is 25.9. The smallest absolute Gasteiger partial charge is 0.127 e. The summed E-state index contributed by atoms with van der Waals surface area (Å²) in [4.78, 5) is 2.13. The number of piperidine rings is 1. The lowest BCUT2D eigenvalue weighted by Gasteiger charge is -2.33. The molecular weight excluding hydrogens is 214 g/mol. The van der Waals surface area contributed by atoms with Crippen molar-refractivity contribution in [1.29, 1.82) is 0 Å². The van der Waals surface area contributed by atoms with E-state index in [2.05, 4.69) is 24.8 Å². The molecule has 0 spiro atoms. The van der Waals surface area contributed by atoms with Gasteiger partial charge in [-0.1, -0.05) is 6.07 Å². The fraction of sp³-hybridized carbons (Fsp3) is 0.571. The largest absolute Gasteiger partial charge is 0.488 e. The average Bonchev–Trinajstić information content (AvgIpc) is 2.27. The number of aliphatic hydroxyl groups excluding tert-OH is 1. The Morgan fingerprint density at radius 1 is 1.29 bits per heavy atom. The van der Waals surface area contributed by atoms with Crippen LogP contribution in [0.1, 0.15) is 17.5 Å². The molecular formula is C14H21NO2. The van der Waals surface area contributed by atoms with E-state index < -0.39 is 6.10 Å². The van der Waals surface area contributed by atoms with Gasteiger partial charge in [0.25, 0.3) is 0 Å². The second-order valence-electron chi connectivity index (χ2n) is 5.02. The molecule has 1 heterocycles. The minimum atomic E-state index is -0.393. The molecule has 0 amide bonds. The van der Waals surface area contributed by atoms with Crippen molar-refractivity contribution in [1.82, 2.24) is 4.90 Å². The molecule has 3 nitrogen and oxygen atoms in total. The Bertz CT molecular complexity index is 392. The summed E-state index contributed by atoms with van der Waals surface area (Å²) in [5.74, 6) is 0.863. The quantitative estimate of drug-likeness (QED) is 0.847. The Hall–Kier alpha value is -1.06. The maximum atomic E-state index is 9.96. The van der Waals surface area contributed by atoms with E-state index in [-0.39, 0.29) is 6.10 Å². The molecule has 0 radical (unpaired) electrons. The SMILES string of the molecule is Cc1ccc(O[C@@H]2CCN(C)C[C@@H]2O)cc1C. The summed E-state index contributed by atoms with van der Waals surface area (Å²) in [6, 6.07) is 6.08. The molecule has 3 heteroatoms. The molecule has 2 rings (SSSR count). The summed E-state index contributed by atoms with van der Waals surface area (Å²) in [5, 5.41) is 9.96. The van der Waals surface area contributed by atoms with Gasteiger partial charge in [-0.05, 0) is 50.6 Å². The summed E-state index contributed by atoms with van der Waals surface area (Å²) < 4.78 is 5.88. The highest BCUT2D eigenvalue weighted by Crippen LogP contribution is 2.21. The fourth-order valence-corrected chi connectivity index (χ4v) is 2.17.